The molecule has 0 atom stereocenters. The van der Waals surface area contributed by atoms with Gasteiger partial charge >= 0.3 is 0 Å². The van der Waals surface area contributed by atoms with Gasteiger partial charge in [-0.2, -0.15) is 9.98 Å². The van der Waals surface area contributed by atoms with E-state index < -0.39 is 15.6 Å². The number of nitrogens with one attached hydrogen (secondary N) is 1. The van der Waals surface area contributed by atoms with Gasteiger partial charge in [0.15, 0.2) is 0 Å². The summed E-state index contributed by atoms with van der Waals surface area (Å²) in [4.78, 5) is 0. The Hall–Kier alpha value is -0.640. The molecule has 1 aliphatic rings. The van der Waals surface area contributed by atoms with Crippen LogP contribution >= 0.6 is 0 Å². The fourth-order valence-corrected chi connectivity index (χ4v) is 3.26. The van der Waals surface area contributed by atoms with E-state index in [1.54, 1.807) is 0 Å². The summed E-state index contributed by atoms with van der Waals surface area (Å²) in [6.45, 7) is 2.80. The van der Waals surface area contributed by atoms with Gasteiger partial charge in [0.2, 0.25) is 10.0 Å². The maximum Gasteiger partial charge on any atom is 0.212 e. The lowest BCUT2D eigenvalue weighted by atomic mass is 9.93. The number of nitrogens with zero attached hydrogens (tertiary/aromatic N) is 1. The molecule has 0 aromatic carbocycles. The standard InChI is InChI=1S/C10H18N2O3S/c1-2-3-8-16(13,14)12-10(9-11)4-6-15-7-5-10/h12H,2-8H2,1H3. The van der Waals surface area contributed by atoms with Crippen molar-refractivity contribution >= 4 is 10.0 Å². The molecule has 92 valence electrons. The summed E-state index contributed by atoms with van der Waals surface area (Å²) >= 11 is 0. The molecule has 16 heavy (non-hydrogen) atoms. The highest BCUT2D eigenvalue weighted by molar-refractivity contribution is 7.89. The van der Waals surface area contributed by atoms with Crippen LogP contribution in [0.2, 0.25) is 0 Å². The Morgan fingerprint density at radius 1 is 1.44 bits per heavy atom. The fraction of sp³-hybridized carbons (Fsp3) is 0.900. The van der Waals surface area contributed by atoms with Crippen molar-refractivity contribution in [2.75, 3.05) is 19.0 Å². The van der Waals surface area contributed by atoms with Crippen LogP contribution in [0.25, 0.3) is 0 Å². The summed E-state index contributed by atoms with van der Waals surface area (Å²) < 4.78 is 31.1. The number of hydrogen-bond donors (Lipinski definition) is 1. The molecule has 5 nitrogen and oxygen atoms in total. The fourth-order valence-electron chi connectivity index (χ4n) is 1.64. The third kappa shape index (κ3) is 3.74. The second-order valence-corrected chi connectivity index (χ2v) is 5.92. The minimum atomic E-state index is -3.34. The second-order valence-electron chi connectivity index (χ2n) is 4.08. The number of hydrogen-bond acceptors (Lipinski definition) is 4. The van der Waals surface area contributed by atoms with Crippen LogP contribution in [-0.2, 0) is 14.8 Å². The molecule has 0 aromatic rings. The van der Waals surface area contributed by atoms with Gasteiger partial charge in [0.25, 0.3) is 0 Å². The van der Waals surface area contributed by atoms with Crippen molar-refractivity contribution in [3.8, 4) is 6.07 Å². The highest BCUT2D eigenvalue weighted by Crippen LogP contribution is 2.21. The van der Waals surface area contributed by atoms with E-state index >= 15 is 0 Å². The van der Waals surface area contributed by atoms with Crippen LogP contribution in [0.5, 0.6) is 0 Å². The molecule has 0 unspecified atom stereocenters. The summed E-state index contributed by atoms with van der Waals surface area (Å²) in [5, 5.41) is 9.10. The van der Waals surface area contributed by atoms with Crippen LogP contribution in [0.3, 0.4) is 0 Å². The van der Waals surface area contributed by atoms with Crippen LogP contribution in [0.1, 0.15) is 32.6 Å². The highest BCUT2D eigenvalue weighted by Gasteiger charge is 2.36. The van der Waals surface area contributed by atoms with Crippen LogP contribution < -0.4 is 4.72 Å². The predicted molar refractivity (Wildman–Crippen MR) is 60.2 cm³/mol. The quantitative estimate of drug-likeness (QED) is 0.777. The first-order chi connectivity index (χ1) is 7.54. The van der Waals surface area contributed by atoms with Crippen LogP contribution in [-0.4, -0.2) is 32.9 Å². The second kappa shape index (κ2) is 5.62. The molecular formula is C10H18N2O3S. The minimum Gasteiger partial charge on any atom is -0.381 e. The Balaban J connectivity index is 2.66. The van der Waals surface area contributed by atoms with Gasteiger partial charge in [-0.15, -0.1) is 0 Å². The smallest absolute Gasteiger partial charge is 0.212 e. The van der Waals surface area contributed by atoms with Crippen molar-refractivity contribution < 1.29 is 13.2 Å². The molecule has 0 bridgehead atoms. The molecule has 0 aliphatic carbocycles. The van der Waals surface area contributed by atoms with E-state index in [-0.39, 0.29) is 5.75 Å². The summed E-state index contributed by atoms with van der Waals surface area (Å²) in [6, 6.07) is 2.08. The van der Waals surface area contributed by atoms with E-state index in [1.807, 2.05) is 6.92 Å². The van der Waals surface area contributed by atoms with Gasteiger partial charge in [-0.25, -0.2) is 8.42 Å². The molecule has 6 heteroatoms. The lowest BCUT2D eigenvalue weighted by molar-refractivity contribution is 0.0651. The van der Waals surface area contributed by atoms with E-state index in [2.05, 4.69) is 10.8 Å². The summed E-state index contributed by atoms with van der Waals surface area (Å²) in [7, 11) is -3.34. The maximum atomic E-state index is 11.7. The Morgan fingerprint density at radius 2 is 2.06 bits per heavy atom. The van der Waals surface area contributed by atoms with Crippen molar-refractivity contribution in [2.24, 2.45) is 0 Å². The number of unbranched alkanes of at least 4 members (excludes halogenated alkanes) is 1. The van der Waals surface area contributed by atoms with E-state index in [1.165, 1.54) is 0 Å². The summed E-state index contributed by atoms with van der Waals surface area (Å²) in [5.74, 6) is 0.0911. The van der Waals surface area contributed by atoms with Crippen molar-refractivity contribution in [1.82, 2.24) is 4.72 Å². The molecule has 0 spiro atoms. The average Bonchev–Trinajstić information content (AvgIpc) is 2.27. The largest absolute Gasteiger partial charge is 0.381 e. The lowest BCUT2D eigenvalue weighted by Crippen LogP contribution is -2.51. The van der Waals surface area contributed by atoms with Crippen LogP contribution in [0.4, 0.5) is 0 Å². The Bertz CT molecular complexity index is 353. The van der Waals surface area contributed by atoms with E-state index in [0.29, 0.717) is 32.5 Å². The number of rotatable bonds is 5. The summed E-state index contributed by atoms with van der Waals surface area (Å²) in [6.07, 6.45) is 2.29. The molecule has 0 amide bonds. The Morgan fingerprint density at radius 3 is 2.56 bits per heavy atom. The average molecular weight is 246 g/mol. The van der Waals surface area contributed by atoms with Crippen molar-refractivity contribution in [3.63, 3.8) is 0 Å². The molecule has 1 saturated heterocycles. The van der Waals surface area contributed by atoms with Crippen molar-refractivity contribution in [3.05, 3.63) is 0 Å². The third-order valence-corrected chi connectivity index (χ3v) is 4.21. The zero-order chi connectivity index (χ0) is 12.1. The number of nitriles is 1. The first kappa shape index (κ1) is 13.4. The molecule has 1 aliphatic heterocycles. The first-order valence-electron chi connectivity index (χ1n) is 5.54. The van der Waals surface area contributed by atoms with Crippen LogP contribution in [0, 0.1) is 11.3 Å². The third-order valence-electron chi connectivity index (χ3n) is 2.68. The van der Waals surface area contributed by atoms with Gasteiger partial charge in [-0.3, -0.25) is 0 Å². The summed E-state index contributed by atoms with van der Waals surface area (Å²) in [5.41, 5.74) is -0.954. The topological polar surface area (TPSA) is 79.2 Å². The van der Waals surface area contributed by atoms with E-state index in [0.717, 1.165) is 6.42 Å². The SMILES string of the molecule is CCCCS(=O)(=O)NC1(C#N)CCOCC1. The van der Waals surface area contributed by atoms with E-state index in [9.17, 15) is 8.42 Å². The zero-order valence-electron chi connectivity index (χ0n) is 9.53. The van der Waals surface area contributed by atoms with Gasteiger partial charge in [0.05, 0.1) is 11.8 Å². The van der Waals surface area contributed by atoms with Gasteiger partial charge in [0.1, 0.15) is 5.54 Å². The molecule has 0 radical (unpaired) electrons. The van der Waals surface area contributed by atoms with Crippen LogP contribution in [0.15, 0.2) is 0 Å². The molecule has 1 heterocycles. The van der Waals surface area contributed by atoms with Crippen molar-refractivity contribution in [2.45, 2.75) is 38.1 Å². The predicted octanol–water partition coefficient (Wildman–Crippen LogP) is 0.779. The molecule has 1 N–H and O–H groups in total. The monoisotopic (exact) mass is 246 g/mol. The zero-order valence-corrected chi connectivity index (χ0v) is 10.3. The molecule has 1 rings (SSSR count). The van der Waals surface area contributed by atoms with E-state index in [4.69, 9.17) is 10.00 Å². The van der Waals surface area contributed by atoms with Gasteiger partial charge in [-0.1, -0.05) is 13.3 Å². The van der Waals surface area contributed by atoms with Crippen molar-refractivity contribution in [1.29, 1.82) is 5.26 Å². The van der Waals surface area contributed by atoms with Gasteiger partial charge in [0, 0.05) is 26.1 Å². The Kier molecular flexibility index (Phi) is 4.71. The first-order valence-corrected chi connectivity index (χ1v) is 7.19. The molecule has 1 fully saturated rings. The molecule has 0 aromatic heterocycles. The minimum absolute atomic E-state index is 0.0911. The molecule has 0 saturated carbocycles. The Labute approximate surface area is 96.8 Å². The molecular weight excluding hydrogens is 228 g/mol. The highest BCUT2D eigenvalue weighted by atomic mass is 32.2. The number of sulfonamides is 1. The normalized spacial score (nSPS) is 20.2. The van der Waals surface area contributed by atoms with Gasteiger partial charge < -0.3 is 4.74 Å². The maximum absolute atomic E-state index is 11.7. The number of ether oxygens (including phenoxy) is 1. The lowest BCUT2D eigenvalue weighted by Gasteiger charge is -2.31. The van der Waals surface area contributed by atoms with Gasteiger partial charge in [-0.05, 0) is 6.42 Å².